The van der Waals surface area contributed by atoms with E-state index >= 15 is 0 Å². The molecule has 0 aromatic heterocycles. The molecule has 0 amide bonds. The minimum atomic E-state index is -0.525. The van der Waals surface area contributed by atoms with Crippen molar-refractivity contribution < 1.29 is 40.4 Å². The average molecular weight is 480 g/mol. The van der Waals surface area contributed by atoms with Crippen LogP contribution in [0.1, 0.15) is 61.2 Å². The number of ether oxygens (including phenoxy) is 2. The van der Waals surface area contributed by atoms with E-state index in [0.717, 1.165) is 50.9 Å². The lowest BCUT2D eigenvalue weighted by Crippen LogP contribution is -3.13. The number of benzene rings is 2. The van der Waals surface area contributed by atoms with E-state index in [9.17, 15) is 13.6 Å². The van der Waals surface area contributed by atoms with Crippen molar-refractivity contribution in [2.45, 2.75) is 50.9 Å². The molecule has 2 unspecified atom stereocenters. The monoisotopic (exact) mass is 479 g/mol. The number of halogens is 3. The van der Waals surface area contributed by atoms with Crippen molar-refractivity contribution in [2.75, 3.05) is 26.2 Å². The van der Waals surface area contributed by atoms with Gasteiger partial charge in [0.2, 0.25) is 0 Å². The van der Waals surface area contributed by atoms with Gasteiger partial charge in [0.1, 0.15) is 11.6 Å². The van der Waals surface area contributed by atoms with Crippen LogP contribution in [0.4, 0.5) is 8.78 Å². The molecule has 2 aliphatic rings. The zero-order valence-corrected chi connectivity index (χ0v) is 19.8. The van der Waals surface area contributed by atoms with Crippen molar-refractivity contribution in [1.82, 2.24) is 0 Å². The summed E-state index contributed by atoms with van der Waals surface area (Å²) in [6.07, 6.45) is 3.61. The number of carbonyl (C=O) groups excluding carboxylic acids is 1. The molecule has 1 N–H and O–H groups in total. The predicted octanol–water partition coefficient (Wildman–Crippen LogP) is 1.12. The number of hydrogen-bond acceptors (Lipinski definition) is 3. The van der Waals surface area contributed by atoms with Crippen LogP contribution in [0.25, 0.3) is 0 Å². The second-order valence-corrected chi connectivity index (χ2v) is 9.04. The van der Waals surface area contributed by atoms with Crippen LogP contribution in [-0.4, -0.2) is 37.6 Å². The lowest BCUT2D eigenvalue weighted by Gasteiger charge is -2.49. The fraction of sp³-hybridized carbons (Fsp3) is 0.500. The molecule has 2 aromatic rings. The van der Waals surface area contributed by atoms with Crippen LogP contribution in [0.15, 0.2) is 48.5 Å². The number of ketones is 1. The molecule has 2 atom stereocenters. The van der Waals surface area contributed by atoms with Gasteiger partial charge in [-0.25, -0.2) is 8.78 Å². The standard InChI is InChI=1S/C26H31F2NO3.ClH/c1-2-21-18-31-25(20-5-3-6-23(28)17-20)32-26(21)12-15-29(16-13-26)14-4-7-24(30)19-8-10-22(27)11-9-19;/h3,5-6,8-11,17,21,25H,2,4,7,12-16,18H2,1H3;1H. The zero-order valence-electron chi connectivity index (χ0n) is 19.0. The first-order valence-corrected chi connectivity index (χ1v) is 11.7. The fourth-order valence-electron chi connectivity index (χ4n) is 5.09. The van der Waals surface area contributed by atoms with E-state index in [0.29, 0.717) is 24.5 Å². The number of hydrogen-bond donors (Lipinski definition) is 1. The summed E-state index contributed by atoms with van der Waals surface area (Å²) in [6, 6.07) is 12.2. The van der Waals surface area contributed by atoms with Crippen molar-refractivity contribution in [3.05, 3.63) is 71.3 Å². The van der Waals surface area contributed by atoms with E-state index in [1.165, 1.54) is 29.2 Å². The lowest BCUT2D eigenvalue weighted by molar-refractivity contribution is -0.908. The van der Waals surface area contributed by atoms with Gasteiger partial charge in [0.05, 0.1) is 31.8 Å². The topological polar surface area (TPSA) is 40.0 Å². The molecule has 4 rings (SSSR count). The van der Waals surface area contributed by atoms with Crippen LogP contribution in [0.2, 0.25) is 0 Å². The Morgan fingerprint density at radius 1 is 1.09 bits per heavy atom. The van der Waals surface area contributed by atoms with E-state index in [-0.39, 0.29) is 35.4 Å². The molecule has 0 bridgehead atoms. The summed E-state index contributed by atoms with van der Waals surface area (Å²) in [5.41, 5.74) is 1.06. The van der Waals surface area contributed by atoms with Gasteiger partial charge in [-0.1, -0.05) is 19.1 Å². The van der Waals surface area contributed by atoms with Gasteiger partial charge in [-0.3, -0.25) is 4.79 Å². The maximum atomic E-state index is 13.7. The maximum Gasteiger partial charge on any atom is 0.184 e. The van der Waals surface area contributed by atoms with Crippen LogP contribution in [-0.2, 0) is 9.47 Å². The number of quaternary nitrogens is 1. The number of likely N-dealkylation sites (tertiary alicyclic amines) is 1. The summed E-state index contributed by atoms with van der Waals surface area (Å²) in [6.45, 7) is 5.69. The highest BCUT2D eigenvalue weighted by molar-refractivity contribution is 5.95. The van der Waals surface area contributed by atoms with E-state index in [4.69, 9.17) is 9.47 Å². The van der Waals surface area contributed by atoms with Gasteiger partial charge in [-0.05, 0) is 42.8 Å². The number of rotatable bonds is 7. The van der Waals surface area contributed by atoms with Crippen molar-refractivity contribution in [3.63, 3.8) is 0 Å². The SMILES string of the molecule is CCC1COC(c2cccc(F)c2)OC12CC[NH+](CCCC(=O)c1ccc(F)cc1)CC2.[Cl-]. The van der Waals surface area contributed by atoms with E-state index < -0.39 is 6.29 Å². The van der Waals surface area contributed by atoms with Gasteiger partial charge in [0.25, 0.3) is 0 Å². The maximum absolute atomic E-state index is 13.7. The average Bonchev–Trinajstić information content (AvgIpc) is 2.81. The van der Waals surface area contributed by atoms with Crippen molar-refractivity contribution in [1.29, 1.82) is 0 Å². The summed E-state index contributed by atoms with van der Waals surface area (Å²) < 4.78 is 39.2. The van der Waals surface area contributed by atoms with E-state index in [1.807, 2.05) is 6.07 Å². The first kappa shape index (κ1) is 25.8. The first-order valence-electron chi connectivity index (χ1n) is 11.7. The van der Waals surface area contributed by atoms with Crippen molar-refractivity contribution in [2.24, 2.45) is 5.92 Å². The minimum absolute atomic E-state index is 0. The van der Waals surface area contributed by atoms with Crippen molar-refractivity contribution >= 4 is 5.78 Å². The lowest BCUT2D eigenvalue weighted by atomic mass is 9.77. The molecule has 180 valence electrons. The molecule has 2 aliphatic heterocycles. The third kappa shape index (κ3) is 6.18. The summed E-state index contributed by atoms with van der Waals surface area (Å²) in [5, 5.41) is 0. The molecule has 2 fully saturated rings. The summed E-state index contributed by atoms with van der Waals surface area (Å²) in [5.74, 6) is -0.215. The molecule has 1 spiro atoms. The Labute approximate surface area is 200 Å². The van der Waals surface area contributed by atoms with E-state index in [1.54, 1.807) is 18.2 Å². The number of nitrogens with one attached hydrogen (secondary N) is 1. The van der Waals surface area contributed by atoms with Crippen LogP contribution >= 0.6 is 0 Å². The van der Waals surface area contributed by atoms with E-state index in [2.05, 4.69) is 6.92 Å². The Kier molecular flexibility index (Phi) is 8.99. The van der Waals surface area contributed by atoms with Crippen LogP contribution in [0.5, 0.6) is 0 Å². The number of piperidine rings is 1. The second kappa shape index (κ2) is 11.5. The highest BCUT2D eigenvalue weighted by atomic mass is 35.5. The van der Waals surface area contributed by atoms with Gasteiger partial charge < -0.3 is 26.8 Å². The molecule has 7 heteroatoms. The summed E-state index contributed by atoms with van der Waals surface area (Å²) in [7, 11) is 0. The van der Waals surface area contributed by atoms with Gasteiger partial charge in [-0.2, -0.15) is 0 Å². The Morgan fingerprint density at radius 3 is 2.48 bits per heavy atom. The summed E-state index contributed by atoms with van der Waals surface area (Å²) >= 11 is 0. The van der Waals surface area contributed by atoms with Gasteiger partial charge in [0.15, 0.2) is 12.1 Å². The number of Topliss-reactive ketones (excluding diaryl/α,β-unsaturated/α-hetero) is 1. The molecule has 0 radical (unpaired) electrons. The normalized spacial score (nSPS) is 27.2. The highest BCUT2D eigenvalue weighted by Crippen LogP contribution is 2.42. The third-order valence-electron chi connectivity index (χ3n) is 7.05. The second-order valence-electron chi connectivity index (χ2n) is 9.04. The highest BCUT2D eigenvalue weighted by Gasteiger charge is 2.48. The molecule has 4 nitrogen and oxygen atoms in total. The van der Waals surface area contributed by atoms with Crippen LogP contribution in [0, 0.1) is 17.6 Å². The Morgan fingerprint density at radius 2 is 1.82 bits per heavy atom. The molecule has 2 aromatic carbocycles. The molecule has 2 heterocycles. The van der Waals surface area contributed by atoms with Crippen LogP contribution < -0.4 is 17.3 Å². The molecule has 2 saturated heterocycles. The predicted molar refractivity (Wildman–Crippen MR) is 117 cm³/mol. The first-order chi connectivity index (χ1) is 15.5. The quantitative estimate of drug-likeness (QED) is 0.605. The Hall–Kier alpha value is -1.86. The fourth-order valence-corrected chi connectivity index (χ4v) is 5.09. The number of carbonyl (C=O) groups is 1. The molecule has 0 aliphatic carbocycles. The molecule has 33 heavy (non-hydrogen) atoms. The van der Waals surface area contributed by atoms with Crippen LogP contribution in [0.3, 0.4) is 0 Å². The Balaban J connectivity index is 0.00000306. The molecular formula is C26H32ClF2NO3. The molecular weight excluding hydrogens is 448 g/mol. The van der Waals surface area contributed by atoms with Gasteiger partial charge in [-0.15, -0.1) is 0 Å². The van der Waals surface area contributed by atoms with Gasteiger partial charge in [0, 0.05) is 42.7 Å². The Bertz CT molecular complexity index is 916. The summed E-state index contributed by atoms with van der Waals surface area (Å²) in [4.78, 5) is 13.8. The minimum Gasteiger partial charge on any atom is -1.00 e. The zero-order chi connectivity index (χ0) is 22.6. The van der Waals surface area contributed by atoms with Gasteiger partial charge >= 0.3 is 0 Å². The largest absolute Gasteiger partial charge is 1.00 e. The molecule has 0 saturated carbocycles. The van der Waals surface area contributed by atoms with Crippen molar-refractivity contribution in [3.8, 4) is 0 Å². The third-order valence-corrected chi connectivity index (χ3v) is 7.05. The smallest absolute Gasteiger partial charge is 0.184 e.